The standard InChI is InChI=1S/C18H36/c1-4-6-7-8-9-10-11-12-13-14-15-16-17-18(3)5-2/h18H,1-2,4-17H2,3H3. The summed E-state index contributed by atoms with van der Waals surface area (Å²) in [6.07, 6.45) is 19.3. The van der Waals surface area contributed by atoms with Crippen molar-refractivity contribution in [3.8, 4) is 0 Å². The summed E-state index contributed by atoms with van der Waals surface area (Å²) < 4.78 is 0. The minimum atomic E-state index is 0.836. The highest BCUT2D eigenvalue weighted by Gasteiger charge is 1.98. The summed E-state index contributed by atoms with van der Waals surface area (Å²) in [5.74, 6) is 0.836. The molecule has 0 fully saturated rings. The van der Waals surface area contributed by atoms with Crippen molar-refractivity contribution >= 4 is 0 Å². The molecule has 0 aliphatic carbocycles. The summed E-state index contributed by atoms with van der Waals surface area (Å²) in [4.78, 5) is 0. The Labute approximate surface area is 117 Å². The molecule has 0 aromatic carbocycles. The molecule has 0 aromatic rings. The van der Waals surface area contributed by atoms with E-state index in [1.807, 2.05) is 0 Å². The van der Waals surface area contributed by atoms with Gasteiger partial charge in [-0.1, -0.05) is 111 Å². The summed E-state index contributed by atoms with van der Waals surface area (Å²) >= 11 is 0. The Kier molecular flexibility index (Phi) is 15.1. The monoisotopic (exact) mass is 252 g/mol. The molecule has 0 nitrogen and oxygen atoms in total. The summed E-state index contributed by atoms with van der Waals surface area (Å²) in [6, 6.07) is 0. The van der Waals surface area contributed by atoms with Crippen molar-refractivity contribution in [3.05, 3.63) is 13.8 Å². The molecule has 0 heterocycles. The topological polar surface area (TPSA) is 0 Å². The first kappa shape index (κ1) is 18.0. The average molecular weight is 252 g/mol. The highest BCUT2D eigenvalue weighted by atomic mass is 14.0. The van der Waals surface area contributed by atoms with Crippen molar-refractivity contribution < 1.29 is 0 Å². The maximum Gasteiger partial charge on any atom is -0.0443 e. The summed E-state index contributed by atoms with van der Waals surface area (Å²) in [6.45, 7) is 10.2. The third kappa shape index (κ3) is 14.1. The van der Waals surface area contributed by atoms with Crippen LogP contribution in [0.3, 0.4) is 0 Å². The molecule has 0 aromatic heterocycles. The minimum Gasteiger partial charge on any atom is -0.0625 e. The van der Waals surface area contributed by atoms with Crippen molar-refractivity contribution in [3.63, 3.8) is 0 Å². The third-order valence-electron chi connectivity index (χ3n) is 3.94. The lowest BCUT2D eigenvalue weighted by Crippen LogP contribution is -1.91. The Balaban J connectivity index is 2.94. The van der Waals surface area contributed by atoms with E-state index in [4.69, 9.17) is 0 Å². The molecule has 0 aliphatic rings. The molecule has 0 bridgehead atoms. The maximum atomic E-state index is 3.96. The largest absolute Gasteiger partial charge is 0.0625 e. The molecule has 1 atom stereocenters. The summed E-state index contributed by atoms with van der Waals surface area (Å²) in [5.41, 5.74) is 0. The van der Waals surface area contributed by atoms with Crippen LogP contribution >= 0.6 is 0 Å². The van der Waals surface area contributed by atoms with E-state index < -0.39 is 0 Å². The zero-order valence-electron chi connectivity index (χ0n) is 12.9. The zero-order chi connectivity index (χ0) is 13.5. The predicted octanol–water partition coefficient (Wildman–Crippen LogP) is 6.75. The first-order chi connectivity index (χ1) is 8.81. The van der Waals surface area contributed by atoms with Gasteiger partial charge in [0.15, 0.2) is 0 Å². The van der Waals surface area contributed by atoms with Gasteiger partial charge in [0.1, 0.15) is 0 Å². The molecule has 0 aliphatic heterocycles. The normalized spacial score (nSPS) is 12.8. The van der Waals surface area contributed by atoms with Gasteiger partial charge in [0.2, 0.25) is 0 Å². The quantitative estimate of drug-likeness (QED) is 0.300. The van der Waals surface area contributed by atoms with Crippen LogP contribution in [0.15, 0.2) is 0 Å². The highest BCUT2D eigenvalue weighted by Crippen LogP contribution is 2.15. The SMILES string of the molecule is [CH2]CCCCCCCCCCCCCC(C)C[CH2]. The molecule has 0 saturated carbocycles. The van der Waals surface area contributed by atoms with Gasteiger partial charge in [0.25, 0.3) is 0 Å². The number of hydrogen-bond donors (Lipinski definition) is 0. The van der Waals surface area contributed by atoms with Gasteiger partial charge < -0.3 is 0 Å². The van der Waals surface area contributed by atoms with Crippen LogP contribution < -0.4 is 0 Å². The van der Waals surface area contributed by atoms with Crippen LogP contribution in [-0.2, 0) is 0 Å². The second-order valence-electron chi connectivity index (χ2n) is 5.93. The van der Waals surface area contributed by atoms with Crippen LogP contribution in [0.4, 0.5) is 0 Å². The van der Waals surface area contributed by atoms with Crippen LogP contribution in [0.1, 0.15) is 96.8 Å². The van der Waals surface area contributed by atoms with Gasteiger partial charge in [-0.25, -0.2) is 0 Å². The Morgan fingerprint density at radius 1 is 0.611 bits per heavy atom. The molecule has 0 rings (SSSR count). The maximum absolute atomic E-state index is 3.96. The highest BCUT2D eigenvalue weighted by molar-refractivity contribution is 4.55. The minimum absolute atomic E-state index is 0.836. The van der Waals surface area contributed by atoms with E-state index in [9.17, 15) is 0 Å². The fourth-order valence-electron chi connectivity index (χ4n) is 2.40. The number of rotatable bonds is 14. The molecule has 0 heteroatoms. The van der Waals surface area contributed by atoms with Gasteiger partial charge in [-0.2, -0.15) is 0 Å². The van der Waals surface area contributed by atoms with Crippen molar-refractivity contribution in [1.82, 2.24) is 0 Å². The first-order valence-corrected chi connectivity index (χ1v) is 8.39. The second-order valence-corrected chi connectivity index (χ2v) is 5.93. The van der Waals surface area contributed by atoms with Crippen LogP contribution in [-0.4, -0.2) is 0 Å². The molecule has 18 heavy (non-hydrogen) atoms. The molecular formula is C18H36. The van der Waals surface area contributed by atoms with E-state index in [0.717, 1.165) is 18.8 Å². The average Bonchev–Trinajstić information content (AvgIpc) is 2.39. The summed E-state index contributed by atoms with van der Waals surface area (Å²) in [5, 5.41) is 0. The number of unbranched alkanes of at least 4 members (excludes halogenated alkanes) is 11. The van der Waals surface area contributed by atoms with E-state index in [2.05, 4.69) is 20.8 Å². The molecule has 0 amide bonds. The van der Waals surface area contributed by atoms with Gasteiger partial charge in [0, 0.05) is 0 Å². The predicted molar refractivity (Wildman–Crippen MR) is 84.5 cm³/mol. The molecule has 2 radical (unpaired) electrons. The third-order valence-corrected chi connectivity index (χ3v) is 3.94. The lowest BCUT2D eigenvalue weighted by Gasteiger charge is -2.07. The number of hydrogen-bond acceptors (Lipinski definition) is 0. The van der Waals surface area contributed by atoms with Crippen molar-refractivity contribution in [1.29, 1.82) is 0 Å². The Hall–Kier alpha value is 0. The van der Waals surface area contributed by atoms with Crippen LogP contribution in [0.2, 0.25) is 0 Å². The molecule has 0 N–H and O–H groups in total. The van der Waals surface area contributed by atoms with Crippen LogP contribution in [0.5, 0.6) is 0 Å². The van der Waals surface area contributed by atoms with E-state index in [1.165, 1.54) is 77.0 Å². The second kappa shape index (κ2) is 15.1. The Morgan fingerprint density at radius 2 is 1.00 bits per heavy atom. The van der Waals surface area contributed by atoms with E-state index in [1.54, 1.807) is 0 Å². The lowest BCUT2D eigenvalue weighted by atomic mass is 9.99. The van der Waals surface area contributed by atoms with E-state index in [0.29, 0.717) is 0 Å². The van der Waals surface area contributed by atoms with Gasteiger partial charge in [0.05, 0.1) is 0 Å². The zero-order valence-corrected chi connectivity index (χ0v) is 12.9. The lowest BCUT2D eigenvalue weighted by molar-refractivity contribution is 0.481. The smallest absolute Gasteiger partial charge is 0.0443 e. The van der Waals surface area contributed by atoms with Crippen molar-refractivity contribution in [2.45, 2.75) is 96.8 Å². The van der Waals surface area contributed by atoms with Crippen LogP contribution in [0.25, 0.3) is 0 Å². The summed E-state index contributed by atoms with van der Waals surface area (Å²) in [7, 11) is 0. The fraction of sp³-hybridized carbons (Fsp3) is 0.889. The van der Waals surface area contributed by atoms with Crippen LogP contribution in [0, 0.1) is 19.8 Å². The Morgan fingerprint density at radius 3 is 1.39 bits per heavy atom. The van der Waals surface area contributed by atoms with E-state index in [-0.39, 0.29) is 0 Å². The first-order valence-electron chi connectivity index (χ1n) is 8.39. The van der Waals surface area contributed by atoms with Gasteiger partial charge >= 0.3 is 0 Å². The van der Waals surface area contributed by atoms with E-state index >= 15 is 0 Å². The van der Waals surface area contributed by atoms with Crippen molar-refractivity contribution in [2.75, 3.05) is 0 Å². The molecule has 108 valence electrons. The van der Waals surface area contributed by atoms with Crippen molar-refractivity contribution in [2.24, 2.45) is 5.92 Å². The van der Waals surface area contributed by atoms with Gasteiger partial charge in [-0.15, -0.1) is 0 Å². The fourth-order valence-corrected chi connectivity index (χ4v) is 2.40. The van der Waals surface area contributed by atoms with Gasteiger partial charge in [-0.05, 0) is 5.92 Å². The Bertz CT molecular complexity index is 139. The van der Waals surface area contributed by atoms with Gasteiger partial charge in [-0.3, -0.25) is 0 Å². The molecule has 1 unspecified atom stereocenters. The molecule has 0 spiro atoms. The molecule has 0 saturated heterocycles. The molecular weight excluding hydrogens is 216 g/mol.